The molecule has 2 fully saturated rings. The third-order valence-electron chi connectivity index (χ3n) is 7.48. The van der Waals surface area contributed by atoms with E-state index in [1.807, 2.05) is 35.2 Å². The number of para-hydroxylation sites is 1. The fourth-order valence-electron chi connectivity index (χ4n) is 5.39. The molecule has 1 spiro atoms. The highest BCUT2D eigenvalue weighted by Crippen LogP contribution is 2.39. The molecule has 37 heavy (non-hydrogen) atoms. The molecule has 0 aromatic heterocycles. The number of piperidine rings is 1. The average Bonchev–Trinajstić information content (AvgIpc) is 3.16. The minimum Gasteiger partial charge on any atom is -0.342 e. The van der Waals surface area contributed by atoms with Gasteiger partial charge in [0, 0.05) is 30.9 Å². The van der Waals surface area contributed by atoms with Crippen molar-refractivity contribution >= 4 is 29.1 Å². The van der Waals surface area contributed by atoms with Gasteiger partial charge >= 0.3 is 0 Å². The first-order chi connectivity index (χ1) is 17.9. The topological polar surface area (TPSA) is 73.0 Å². The molecule has 0 atom stereocenters. The van der Waals surface area contributed by atoms with Crippen LogP contribution in [0.2, 0.25) is 0 Å². The fraction of sp³-hybridized carbons (Fsp3) is 0.483. The monoisotopic (exact) mass is 508 g/mol. The van der Waals surface area contributed by atoms with Crippen molar-refractivity contribution in [1.82, 2.24) is 9.80 Å². The molecule has 8 heteroatoms. The highest BCUT2D eigenvalue weighted by molar-refractivity contribution is 5.99. The molecule has 2 aromatic rings. The SMILES string of the molecule is CCCCCCCC(=O)N1CCC2(CC1)C(=O)N(CC(=O)Nc1ccc(F)cc1)CN2c1ccccc1. The van der Waals surface area contributed by atoms with Crippen LogP contribution in [-0.2, 0) is 14.4 Å². The molecule has 1 N–H and O–H groups in total. The Morgan fingerprint density at radius 1 is 0.946 bits per heavy atom. The van der Waals surface area contributed by atoms with Gasteiger partial charge in [-0.25, -0.2) is 4.39 Å². The Balaban J connectivity index is 1.42. The first kappa shape index (κ1) is 26.6. The van der Waals surface area contributed by atoms with Gasteiger partial charge in [0.15, 0.2) is 0 Å². The molecule has 0 aliphatic carbocycles. The summed E-state index contributed by atoms with van der Waals surface area (Å²) in [4.78, 5) is 44.9. The molecule has 0 radical (unpaired) electrons. The summed E-state index contributed by atoms with van der Waals surface area (Å²) in [5, 5.41) is 2.75. The third-order valence-corrected chi connectivity index (χ3v) is 7.48. The maximum atomic E-state index is 13.8. The molecular weight excluding hydrogens is 471 g/mol. The number of nitrogens with one attached hydrogen (secondary N) is 1. The number of anilines is 2. The molecule has 7 nitrogen and oxygen atoms in total. The minimum absolute atomic E-state index is 0.0859. The molecule has 0 unspecified atom stereocenters. The van der Waals surface area contributed by atoms with Crippen molar-refractivity contribution in [2.75, 3.05) is 36.5 Å². The summed E-state index contributed by atoms with van der Waals surface area (Å²) in [6.07, 6.45) is 7.14. The number of benzene rings is 2. The number of unbranched alkanes of at least 4 members (excludes halogenated alkanes) is 4. The molecular formula is C29H37FN4O3. The Morgan fingerprint density at radius 3 is 2.30 bits per heavy atom. The van der Waals surface area contributed by atoms with Crippen LogP contribution in [-0.4, -0.2) is 59.4 Å². The van der Waals surface area contributed by atoms with Gasteiger partial charge in [0.05, 0.1) is 6.67 Å². The number of hydrogen-bond acceptors (Lipinski definition) is 4. The predicted molar refractivity (Wildman–Crippen MR) is 142 cm³/mol. The lowest BCUT2D eigenvalue weighted by Crippen LogP contribution is -2.57. The van der Waals surface area contributed by atoms with Gasteiger partial charge in [0.1, 0.15) is 17.9 Å². The quantitative estimate of drug-likeness (QED) is 0.469. The summed E-state index contributed by atoms with van der Waals surface area (Å²) in [6.45, 7) is 3.43. The number of nitrogens with zero attached hydrogens (tertiary/aromatic N) is 3. The second kappa shape index (κ2) is 12.2. The molecule has 4 rings (SSSR count). The van der Waals surface area contributed by atoms with Crippen molar-refractivity contribution < 1.29 is 18.8 Å². The molecule has 2 aromatic carbocycles. The van der Waals surface area contributed by atoms with Crippen molar-refractivity contribution in [3.63, 3.8) is 0 Å². The number of rotatable bonds is 10. The molecule has 0 saturated carbocycles. The maximum absolute atomic E-state index is 13.8. The summed E-state index contributed by atoms with van der Waals surface area (Å²) >= 11 is 0. The van der Waals surface area contributed by atoms with Crippen molar-refractivity contribution in [3.05, 3.63) is 60.4 Å². The number of carbonyl (C=O) groups is 3. The van der Waals surface area contributed by atoms with Crippen LogP contribution < -0.4 is 10.2 Å². The molecule has 2 aliphatic rings. The highest BCUT2D eigenvalue weighted by atomic mass is 19.1. The lowest BCUT2D eigenvalue weighted by atomic mass is 9.85. The summed E-state index contributed by atoms with van der Waals surface area (Å²) in [5.74, 6) is -0.633. The van der Waals surface area contributed by atoms with Gasteiger partial charge in [-0.05, 0) is 55.7 Å². The van der Waals surface area contributed by atoms with Crippen LogP contribution in [0.15, 0.2) is 54.6 Å². The molecule has 2 saturated heterocycles. The van der Waals surface area contributed by atoms with E-state index in [2.05, 4.69) is 17.1 Å². The number of amides is 3. The summed E-state index contributed by atoms with van der Waals surface area (Å²) in [7, 11) is 0. The van der Waals surface area contributed by atoms with E-state index in [1.165, 1.54) is 37.1 Å². The second-order valence-corrected chi connectivity index (χ2v) is 10.0. The predicted octanol–water partition coefficient (Wildman–Crippen LogP) is 4.79. The Labute approximate surface area is 218 Å². The fourth-order valence-corrected chi connectivity index (χ4v) is 5.39. The maximum Gasteiger partial charge on any atom is 0.250 e. The molecule has 0 bridgehead atoms. The summed E-state index contributed by atoms with van der Waals surface area (Å²) < 4.78 is 13.2. The normalized spacial score (nSPS) is 16.9. The largest absolute Gasteiger partial charge is 0.342 e. The third kappa shape index (κ3) is 6.29. The number of likely N-dealkylation sites (tertiary alicyclic amines) is 1. The standard InChI is InChI=1S/C29H37FN4O3/c1-2-3-4-5-9-12-27(36)32-19-17-29(18-20-32)28(37)33(22-34(29)25-10-7-6-8-11-25)21-26(35)31-24-15-13-23(30)14-16-24/h6-8,10-11,13-16H,2-5,9,12,17-22H2,1H3,(H,31,35). The first-order valence-electron chi connectivity index (χ1n) is 13.4. The zero-order valence-corrected chi connectivity index (χ0v) is 21.6. The summed E-state index contributed by atoms with van der Waals surface area (Å²) in [6, 6.07) is 15.3. The zero-order valence-electron chi connectivity index (χ0n) is 21.6. The number of hydrogen-bond donors (Lipinski definition) is 1. The van der Waals surface area contributed by atoms with Crippen LogP contribution >= 0.6 is 0 Å². The van der Waals surface area contributed by atoms with Crippen molar-refractivity contribution in [3.8, 4) is 0 Å². The van der Waals surface area contributed by atoms with E-state index >= 15 is 0 Å². The van der Waals surface area contributed by atoms with E-state index in [-0.39, 0.29) is 30.1 Å². The van der Waals surface area contributed by atoms with E-state index in [4.69, 9.17) is 0 Å². The van der Waals surface area contributed by atoms with E-state index in [0.29, 0.717) is 44.7 Å². The Kier molecular flexibility index (Phi) is 8.79. The smallest absolute Gasteiger partial charge is 0.250 e. The van der Waals surface area contributed by atoms with Crippen LogP contribution in [0.25, 0.3) is 0 Å². The summed E-state index contributed by atoms with van der Waals surface area (Å²) in [5.41, 5.74) is 0.622. The highest BCUT2D eigenvalue weighted by Gasteiger charge is 2.54. The first-order valence-corrected chi connectivity index (χ1v) is 13.4. The molecule has 198 valence electrons. The second-order valence-electron chi connectivity index (χ2n) is 10.0. The number of halogens is 1. The van der Waals surface area contributed by atoms with E-state index in [9.17, 15) is 18.8 Å². The van der Waals surface area contributed by atoms with Crippen LogP contribution in [0, 0.1) is 5.82 Å². The van der Waals surface area contributed by atoms with Gasteiger partial charge < -0.3 is 20.0 Å². The lowest BCUT2D eigenvalue weighted by Gasteiger charge is -2.43. The van der Waals surface area contributed by atoms with Crippen LogP contribution in [0.4, 0.5) is 15.8 Å². The number of carbonyl (C=O) groups excluding carboxylic acids is 3. The van der Waals surface area contributed by atoms with Crippen LogP contribution in [0.5, 0.6) is 0 Å². The Morgan fingerprint density at radius 2 is 1.62 bits per heavy atom. The Bertz CT molecular complexity index is 1070. The van der Waals surface area contributed by atoms with Gasteiger partial charge in [-0.15, -0.1) is 0 Å². The van der Waals surface area contributed by atoms with Crippen molar-refractivity contribution in [2.24, 2.45) is 0 Å². The van der Waals surface area contributed by atoms with Crippen molar-refractivity contribution in [2.45, 2.75) is 63.8 Å². The molecule has 2 heterocycles. The zero-order chi connectivity index (χ0) is 26.3. The molecule has 2 aliphatic heterocycles. The van der Waals surface area contributed by atoms with Gasteiger partial charge in [0.25, 0.3) is 5.91 Å². The van der Waals surface area contributed by atoms with Crippen LogP contribution in [0.1, 0.15) is 58.3 Å². The van der Waals surface area contributed by atoms with Gasteiger partial charge in [-0.2, -0.15) is 0 Å². The van der Waals surface area contributed by atoms with E-state index < -0.39 is 5.54 Å². The van der Waals surface area contributed by atoms with Crippen LogP contribution in [0.3, 0.4) is 0 Å². The van der Waals surface area contributed by atoms with E-state index in [1.54, 1.807) is 4.90 Å². The average molecular weight is 509 g/mol. The van der Waals surface area contributed by atoms with Gasteiger partial charge in [0.2, 0.25) is 11.8 Å². The van der Waals surface area contributed by atoms with E-state index in [0.717, 1.165) is 24.9 Å². The lowest BCUT2D eigenvalue weighted by molar-refractivity contribution is -0.139. The van der Waals surface area contributed by atoms with Gasteiger partial charge in [-0.3, -0.25) is 14.4 Å². The molecule has 3 amide bonds. The Hall–Kier alpha value is -3.42. The van der Waals surface area contributed by atoms with Crippen molar-refractivity contribution in [1.29, 1.82) is 0 Å². The minimum atomic E-state index is -0.782. The van der Waals surface area contributed by atoms with Gasteiger partial charge in [-0.1, -0.05) is 50.8 Å².